The van der Waals surface area contributed by atoms with Gasteiger partial charge in [0, 0.05) is 19.5 Å². The average Bonchev–Trinajstić information content (AvgIpc) is 2.47. The van der Waals surface area contributed by atoms with Crippen molar-refractivity contribution < 1.29 is 31.9 Å². The minimum absolute atomic E-state index is 0.0140. The summed E-state index contributed by atoms with van der Waals surface area (Å²) in [5.74, 6) is -2.01. The van der Waals surface area contributed by atoms with E-state index in [2.05, 4.69) is 9.97 Å². The summed E-state index contributed by atoms with van der Waals surface area (Å²) in [5.41, 5.74) is -0.802. The molecule has 130 valence electrons. The lowest BCUT2D eigenvalue weighted by Crippen LogP contribution is -2.22. The molecule has 2 heterocycles. The van der Waals surface area contributed by atoms with Crippen molar-refractivity contribution in [1.82, 2.24) is 9.97 Å². The summed E-state index contributed by atoms with van der Waals surface area (Å²) in [6.07, 6.45) is -4.90. The van der Waals surface area contributed by atoms with Crippen LogP contribution in [0.2, 0.25) is 0 Å². The van der Waals surface area contributed by atoms with Crippen LogP contribution in [0.1, 0.15) is 22.0 Å². The van der Waals surface area contributed by atoms with Crippen LogP contribution in [0.25, 0.3) is 0 Å². The van der Waals surface area contributed by atoms with Crippen molar-refractivity contribution in [3.63, 3.8) is 0 Å². The predicted molar refractivity (Wildman–Crippen MR) is 90.2 cm³/mol. The maximum absolute atomic E-state index is 12.9. The van der Waals surface area contributed by atoms with Gasteiger partial charge in [-0.15, -0.1) is 0 Å². The zero-order chi connectivity index (χ0) is 18.5. The van der Waals surface area contributed by atoms with E-state index in [4.69, 9.17) is 5.11 Å². The topological polar surface area (TPSA) is 63.1 Å². The molecule has 0 saturated carbocycles. The lowest BCUT2D eigenvalue weighted by molar-refractivity contribution is -0.207. The number of halogens is 7. The summed E-state index contributed by atoms with van der Waals surface area (Å²) in [6.45, 7) is 0. The number of pyridine rings is 2. The highest BCUT2D eigenvalue weighted by atomic mass is 127. The normalized spacial score (nSPS) is 12.2. The molecule has 24 heavy (non-hydrogen) atoms. The van der Waals surface area contributed by atoms with Crippen LogP contribution in [0.4, 0.5) is 22.0 Å². The molecule has 0 amide bonds. The fraction of sp³-hybridized carbons (Fsp3) is 0.154. The van der Waals surface area contributed by atoms with Crippen LogP contribution in [0.3, 0.4) is 0 Å². The molecule has 0 aliphatic heterocycles. The SMILES string of the molecule is O=Cc1c(I)ccnc1F.OC(c1c(I)ccnc1F)C(F)(F)F. The fourth-order valence-electron chi connectivity index (χ4n) is 1.36. The zero-order valence-corrected chi connectivity index (χ0v) is 15.7. The monoisotopic (exact) mass is 572 g/mol. The van der Waals surface area contributed by atoms with E-state index >= 15 is 0 Å². The number of hydrogen-bond donors (Lipinski definition) is 1. The predicted octanol–water partition coefficient (Wildman–Crippen LogP) is 4.06. The molecule has 0 bridgehead atoms. The highest BCUT2D eigenvalue weighted by Crippen LogP contribution is 2.35. The summed E-state index contributed by atoms with van der Waals surface area (Å²) < 4.78 is 62.1. The van der Waals surface area contributed by atoms with Gasteiger partial charge in [-0.1, -0.05) is 0 Å². The third kappa shape index (κ3) is 5.54. The molecule has 0 radical (unpaired) electrons. The molecular weight excluding hydrogens is 565 g/mol. The van der Waals surface area contributed by atoms with E-state index in [1.807, 2.05) is 22.6 Å². The number of aldehydes is 1. The molecule has 2 rings (SSSR count). The van der Waals surface area contributed by atoms with Crippen molar-refractivity contribution >= 4 is 51.5 Å². The maximum Gasteiger partial charge on any atom is 0.418 e. The Labute approximate surface area is 159 Å². The van der Waals surface area contributed by atoms with Crippen LogP contribution in [-0.4, -0.2) is 27.5 Å². The van der Waals surface area contributed by atoms with Crippen molar-refractivity contribution in [1.29, 1.82) is 0 Å². The molecule has 2 aromatic heterocycles. The molecule has 0 aromatic carbocycles. The molecule has 2 aromatic rings. The Morgan fingerprint density at radius 3 is 1.92 bits per heavy atom. The van der Waals surface area contributed by atoms with E-state index in [9.17, 15) is 26.7 Å². The third-order valence-corrected chi connectivity index (χ3v) is 4.36. The number of hydrogen-bond acceptors (Lipinski definition) is 4. The first-order chi connectivity index (χ1) is 11.1. The molecule has 1 atom stereocenters. The van der Waals surface area contributed by atoms with Gasteiger partial charge >= 0.3 is 6.18 Å². The smallest absolute Gasteiger partial charge is 0.379 e. The number of carbonyl (C=O) groups excluding carboxylic acids is 1. The van der Waals surface area contributed by atoms with Gasteiger partial charge in [0.25, 0.3) is 0 Å². The Hall–Kier alpha value is -0.960. The number of aliphatic hydroxyl groups excluding tert-OH is 1. The van der Waals surface area contributed by atoms with Crippen LogP contribution < -0.4 is 0 Å². The second-order valence-electron chi connectivity index (χ2n) is 4.06. The highest BCUT2D eigenvalue weighted by Gasteiger charge is 2.42. The summed E-state index contributed by atoms with van der Waals surface area (Å²) in [5, 5.41) is 8.81. The van der Waals surface area contributed by atoms with E-state index in [1.165, 1.54) is 34.9 Å². The molecule has 0 aliphatic carbocycles. The Morgan fingerprint density at radius 2 is 1.54 bits per heavy atom. The van der Waals surface area contributed by atoms with Gasteiger partial charge in [0.2, 0.25) is 11.9 Å². The van der Waals surface area contributed by atoms with Crippen LogP contribution in [-0.2, 0) is 0 Å². The van der Waals surface area contributed by atoms with Crippen molar-refractivity contribution in [2.45, 2.75) is 12.3 Å². The second kappa shape index (κ2) is 8.94. The van der Waals surface area contributed by atoms with Gasteiger partial charge < -0.3 is 5.11 Å². The number of aliphatic hydroxyl groups is 1. The summed E-state index contributed by atoms with van der Waals surface area (Å²) in [6, 6.07) is 2.77. The second-order valence-corrected chi connectivity index (χ2v) is 6.38. The molecule has 1 N–H and O–H groups in total. The number of alkyl halides is 3. The minimum atomic E-state index is -4.89. The van der Waals surface area contributed by atoms with Crippen LogP contribution >= 0.6 is 45.2 Å². The Morgan fingerprint density at radius 1 is 1.04 bits per heavy atom. The van der Waals surface area contributed by atoms with Crippen LogP contribution in [0, 0.1) is 19.0 Å². The Kier molecular flexibility index (Phi) is 7.85. The lowest BCUT2D eigenvalue weighted by Gasteiger charge is -2.15. The van der Waals surface area contributed by atoms with Crippen molar-refractivity contribution in [2.24, 2.45) is 0 Å². The van der Waals surface area contributed by atoms with Crippen LogP contribution in [0.5, 0.6) is 0 Å². The molecular formula is C13H7F5I2N2O2. The lowest BCUT2D eigenvalue weighted by atomic mass is 10.1. The average molecular weight is 572 g/mol. The summed E-state index contributed by atoms with van der Waals surface area (Å²) >= 11 is 3.38. The van der Waals surface area contributed by atoms with E-state index in [1.54, 1.807) is 6.07 Å². The van der Waals surface area contributed by atoms with Crippen molar-refractivity contribution in [3.05, 3.63) is 54.7 Å². The highest BCUT2D eigenvalue weighted by molar-refractivity contribution is 14.1. The Balaban J connectivity index is 0.000000254. The van der Waals surface area contributed by atoms with E-state index in [0.29, 0.717) is 9.86 Å². The molecule has 11 heteroatoms. The first kappa shape index (κ1) is 21.1. The van der Waals surface area contributed by atoms with Crippen molar-refractivity contribution in [3.8, 4) is 0 Å². The molecule has 4 nitrogen and oxygen atoms in total. The van der Waals surface area contributed by atoms with Gasteiger partial charge in [0.05, 0.1) is 11.1 Å². The van der Waals surface area contributed by atoms with E-state index < -0.39 is 29.7 Å². The first-order valence-electron chi connectivity index (χ1n) is 5.89. The number of nitrogens with zero attached hydrogens (tertiary/aromatic N) is 2. The van der Waals surface area contributed by atoms with E-state index in [0.717, 1.165) is 6.20 Å². The van der Waals surface area contributed by atoms with Gasteiger partial charge in [0.15, 0.2) is 12.4 Å². The molecule has 0 saturated heterocycles. The van der Waals surface area contributed by atoms with E-state index in [-0.39, 0.29) is 9.13 Å². The molecule has 0 spiro atoms. The van der Waals surface area contributed by atoms with Crippen LogP contribution in [0.15, 0.2) is 24.5 Å². The van der Waals surface area contributed by atoms with Crippen molar-refractivity contribution in [2.75, 3.05) is 0 Å². The largest absolute Gasteiger partial charge is 0.418 e. The first-order valence-corrected chi connectivity index (χ1v) is 8.05. The number of rotatable bonds is 2. The van der Waals surface area contributed by atoms with Gasteiger partial charge in [0.1, 0.15) is 0 Å². The Bertz CT molecular complexity index is 687. The van der Waals surface area contributed by atoms with Gasteiger partial charge in [-0.3, -0.25) is 4.79 Å². The molecule has 0 fully saturated rings. The third-order valence-electron chi connectivity index (χ3n) is 2.48. The summed E-state index contributed by atoms with van der Waals surface area (Å²) in [4.78, 5) is 16.5. The molecule has 1 unspecified atom stereocenters. The van der Waals surface area contributed by atoms with Gasteiger partial charge in [-0.25, -0.2) is 9.97 Å². The zero-order valence-electron chi connectivity index (χ0n) is 11.4. The fourth-order valence-corrected chi connectivity index (χ4v) is 2.55. The summed E-state index contributed by atoms with van der Waals surface area (Å²) in [7, 11) is 0. The van der Waals surface area contributed by atoms with Gasteiger partial charge in [-0.2, -0.15) is 22.0 Å². The number of carbonyl (C=O) groups is 1. The maximum atomic E-state index is 12.9. The molecule has 0 aliphatic rings. The number of aromatic nitrogens is 2. The quantitative estimate of drug-likeness (QED) is 0.256. The minimum Gasteiger partial charge on any atom is -0.379 e. The van der Waals surface area contributed by atoms with Gasteiger partial charge in [-0.05, 0) is 57.3 Å². The standard InChI is InChI=1S/C7H4F4INO.C6H3FINO/c8-6-4(3(12)1-2-13-6)5(14)7(9,10)11;7-6-4(3-10)5(8)1-2-9-6/h1-2,5,14H;1-3H.